The molecule has 17 heavy (non-hydrogen) atoms. The molecule has 0 unspecified atom stereocenters. The minimum atomic E-state index is 0.344. The van der Waals surface area contributed by atoms with Crippen LogP contribution in [0.25, 0.3) is 5.52 Å². The van der Waals surface area contributed by atoms with Crippen LogP contribution in [-0.4, -0.2) is 40.4 Å². The van der Waals surface area contributed by atoms with Gasteiger partial charge in [-0.15, -0.1) is 0 Å². The summed E-state index contributed by atoms with van der Waals surface area (Å²) in [5.74, 6) is 0.974. The Bertz CT molecular complexity index is 541. The number of aromatic nitrogens is 3. The van der Waals surface area contributed by atoms with Crippen LogP contribution in [-0.2, 0) is 4.74 Å². The molecule has 2 aromatic rings. The second-order valence-corrected chi connectivity index (χ2v) is 4.98. The molecule has 0 saturated carbocycles. The van der Waals surface area contributed by atoms with E-state index < -0.39 is 0 Å². The molecule has 1 fully saturated rings. The summed E-state index contributed by atoms with van der Waals surface area (Å²) in [5.41, 5.74) is 1.02. The molecule has 90 valence electrons. The normalized spacial score (nSPS) is 21.1. The van der Waals surface area contributed by atoms with Crippen molar-refractivity contribution >= 4 is 27.3 Å². The maximum Gasteiger partial charge on any atom is 0.155 e. The van der Waals surface area contributed by atoms with Gasteiger partial charge in [-0.1, -0.05) is 0 Å². The standard InChI is InChI=1S/C11H13BrN4O/c1-8-7-17-5-4-15(8)11-9-6-10(12)14-16(9)3-2-13-11/h2-3,6,8H,4-5,7H2,1H3/t8-/m1/s1. The van der Waals surface area contributed by atoms with Crippen LogP contribution in [0.15, 0.2) is 23.1 Å². The Morgan fingerprint density at radius 2 is 2.41 bits per heavy atom. The molecular formula is C11H13BrN4O. The largest absolute Gasteiger partial charge is 0.377 e. The molecule has 2 aromatic heterocycles. The Hall–Kier alpha value is -1.14. The number of hydrogen-bond acceptors (Lipinski definition) is 4. The van der Waals surface area contributed by atoms with Gasteiger partial charge in [0.2, 0.25) is 0 Å². The number of rotatable bonds is 1. The van der Waals surface area contributed by atoms with Crippen LogP contribution in [0.2, 0.25) is 0 Å². The zero-order valence-corrected chi connectivity index (χ0v) is 11.1. The van der Waals surface area contributed by atoms with Gasteiger partial charge in [-0.25, -0.2) is 9.50 Å². The summed E-state index contributed by atoms with van der Waals surface area (Å²) in [6.07, 6.45) is 3.64. The van der Waals surface area contributed by atoms with Crippen LogP contribution in [0, 0.1) is 0 Å². The maximum absolute atomic E-state index is 5.45. The molecule has 0 aliphatic carbocycles. The lowest BCUT2D eigenvalue weighted by Gasteiger charge is -2.34. The number of hydrogen-bond donors (Lipinski definition) is 0. The molecule has 1 saturated heterocycles. The Labute approximate surface area is 108 Å². The SMILES string of the molecule is C[C@@H]1COCCN1c1nccn2nc(Br)cc12. The average Bonchev–Trinajstić information content (AvgIpc) is 2.70. The number of nitrogens with zero attached hydrogens (tertiary/aromatic N) is 4. The fourth-order valence-electron chi connectivity index (χ4n) is 2.14. The molecule has 6 heteroatoms. The summed E-state index contributed by atoms with van der Waals surface area (Å²) in [5, 5.41) is 4.33. The van der Waals surface area contributed by atoms with Gasteiger partial charge in [0.1, 0.15) is 10.1 Å². The smallest absolute Gasteiger partial charge is 0.155 e. The van der Waals surface area contributed by atoms with Crippen molar-refractivity contribution in [3.05, 3.63) is 23.1 Å². The van der Waals surface area contributed by atoms with Gasteiger partial charge in [0.05, 0.1) is 19.3 Å². The van der Waals surface area contributed by atoms with Crippen molar-refractivity contribution in [1.82, 2.24) is 14.6 Å². The lowest BCUT2D eigenvalue weighted by atomic mass is 10.2. The van der Waals surface area contributed by atoms with E-state index in [2.05, 4.69) is 37.8 Å². The van der Waals surface area contributed by atoms with E-state index in [1.54, 1.807) is 6.20 Å². The van der Waals surface area contributed by atoms with Crippen molar-refractivity contribution in [1.29, 1.82) is 0 Å². The van der Waals surface area contributed by atoms with Crippen LogP contribution in [0.4, 0.5) is 5.82 Å². The van der Waals surface area contributed by atoms with Gasteiger partial charge >= 0.3 is 0 Å². The third kappa shape index (κ3) is 1.91. The lowest BCUT2D eigenvalue weighted by Crippen LogP contribution is -2.44. The first kappa shape index (κ1) is 11.0. The maximum atomic E-state index is 5.45. The molecule has 0 radical (unpaired) electrons. The number of morpholine rings is 1. The van der Waals surface area contributed by atoms with Gasteiger partial charge < -0.3 is 9.64 Å². The van der Waals surface area contributed by atoms with Crippen molar-refractivity contribution < 1.29 is 4.74 Å². The Balaban J connectivity index is 2.09. The summed E-state index contributed by atoms with van der Waals surface area (Å²) >= 11 is 3.39. The quantitative estimate of drug-likeness (QED) is 0.804. The second-order valence-electron chi connectivity index (χ2n) is 4.17. The first-order chi connectivity index (χ1) is 8.25. The van der Waals surface area contributed by atoms with Crippen molar-refractivity contribution in [3.63, 3.8) is 0 Å². The van der Waals surface area contributed by atoms with E-state index in [1.165, 1.54) is 0 Å². The van der Waals surface area contributed by atoms with Gasteiger partial charge in [0.25, 0.3) is 0 Å². The first-order valence-corrected chi connectivity index (χ1v) is 6.39. The molecule has 5 nitrogen and oxygen atoms in total. The third-order valence-electron chi connectivity index (χ3n) is 2.98. The topological polar surface area (TPSA) is 42.7 Å². The van der Waals surface area contributed by atoms with Gasteiger partial charge in [-0.2, -0.15) is 5.10 Å². The van der Waals surface area contributed by atoms with Gasteiger partial charge in [0, 0.05) is 25.0 Å². The van der Waals surface area contributed by atoms with Crippen LogP contribution in [0.5, 0.6) is 0 Å². The third-order valence-corrected chi connectivity index (χ3v) is 3.37. The monoisotopic (exact) mass is 296 g/mol. The molecule has 3 heterocycles. The molecule has 0 amide bonds. The highest BCUT2D eigenvalue weighted by Gasteiger charge is 2.22. The molecule has 0 aromatic carbocycles. The van der Waals surface area contributed by atoms with Crippen LogP contribution in [0.1, 0.15) is 6.92 Å². The minimum absolute atomic E-state index is 0.344. The van der Waals surface area contributed by atoms with Crippen LogP contribution in [0.3, 0.4) is 0 Å². The molecule has 0 bridgehead atoms. The highest BCUT2D eigenvalue weighted by atomic mass is 79.9. The number of fused-ring (bicyclic) bond motifs is 1. The van der Waals surface area contributed by atoms with Crippen LogP contribution >= 0.6 is 15.9 Å². The van der Waals surface area contributed by atoms with Crippen LogP contribution < -0.4 is 4.90 Å². The molecule has 1 atom stereocenters. The van der Waals surface area contributed by atoms with E-state index in [9.17, 15) is 0 Å². The molecule has 1 aliphatic heterocycles. The molecule has 0 spiro atoms. The van der Waals surface area contributed by atoms with E-state index in [4.69, 9.17) is 4.74 Å². The predicted molar refractivity (Wildman–Crippen MR) is 68.3 cm³/mol. The second kappa shape index (κ2) is 4.27. The molecule has 0 N–H and O–H groups in total. The number of halogens is 1. The van der Waals surface area contributed by atoms with E-state index in [0.29, 0.717) is 6.04 Å². The van der Waals surface area contributed by atoms with Crippen molar-refractivity contribution in [2.45, 2.75) is 13.0 Å². The van der Waals surface area contributed by atoms with E-state index >= 15 is 0 Å². The van der Waals surface area contributed by atoms with E-state index in [1.807, 2.05) is 16.8 Å². The molecule has 3 rings (SSSR count). The summed E-state index contributed by atoms with van der Waals surface area (Å²) in [4.78, 5) is 6.75. The fourth-order valence-corrected chi connectivity index (χ4v) is 2.53. The zero-order valence-electron chi connectivity index (χ0n) is 9.51. The molecule has 1 aliphatic rings. The Kier molecular flexibility index (Phi) is 2.76. The predicted octanol–water partition coefficient (Wildman–Crippen LogP) is 1.72. The number of ether oxygens (including phenoxy) is 1. The highest BCUT2D eigenvalue weighted by Crippen LogP contribution is 2.24. The zero-order chi connectivity index (χ0) is 11.8. The fraction of sp³-hybridized carbons (Fsp3) is 0.455. The van der Waals surface area contributed by atoms with Crippen molar-refractivity contribution in [2.24, 2.45) is 0 Å². The van der Waals surface area contributed by atoms with Crippen molar-refractivity contribution in [3.8, 4) is 0 Å². The summed E-state index contributed by atoms with van der Waals surface area (Å²) in [6, 6.07) is 2.33. The van der Waals surface area contributed by atoms with E-state index in [0.717, 1.165) is 35.7 Å². The lowest BCUT2D eigenvalue weighted by molar-refractivity contribution is 0.0986. The van der Waals surface area contributed by atoms with E-state index in [-0.39, 0.29) is 0 Å². The Morgan fingerprint density at radius 3 is 3.24 bits per heavy atom. The number of anilines is 1. The highest BCUT2D eigenvalue weighted by molar-refractivity contribution is 9.10. The van der Waals surface area contributed by atoms with Gasteiger partial charge in [-0.05, 0) is 22.9 Å². The minimum Gasteiger partial charge on any atom is -0.377 e. The van der Waals surface area contributed by atoms with Gasteiger partial charge in [-0.3, -0.25) is 0 Å². The van der Waals surface area contributed by atoms with Crippen molar-refractivity contribution in [2.75, 3.05) is 24.7 Å². The molecular weight excluding hydrogens is 284 g/mol. The summed E-state index contributed by atoms with van der Waals surface area (Å²) in [6.45, 7) is 4.52. The summed E-state index contributed by atoms with van der Waals surface area (Å²) in [7, 11) is 0. The Morgan fingerprint density at radius 1 is 1.53 bits per heavy atom. The first-order valence-electron chi connectivity index (χ1n) is 5.60. The van der Waals surface area contributed by atoms with Gasteiger partial charge in [0.15, 0.2) is 5.82 Å². The average molecular weight is 297 g/mol. The summed E-state index contributed by atoms with van der Waals surface area (Å²) < 4.78 is 8.12.